The summed E-state index contributed by atoms with van der Waals surface area (Å²) in [6.45, 7) is 1.55. The second-order valence-electron chi connectivity index (χ2n) is 6.59. The number of rotatable bonds is 4. The molecule has 3 rings (SSSR count). The van der Waals surface area contributed by atoms with Crippen molar-refractivity contribution in [2.45, 2.75) is 32.1 Å². The van der Waals surface area contributed by atoms with E-state index in [-0.39, 0.29) is 11.8 Å². The predicted molar refractivity (Wildman–Crippen MR) is 83.3 cm³/mol. The Balaban J connectivity index is 1.49. The van der Waals surface area contributed by atoms with Gasteiger partial charge in [-0.2, -0.15) is 0 Å². The highest BCUT2D eigenvalue weighted by Crippen LogP contribution is 2.36. The van der Waals surface area contributed by atoms with E-state index >= 15 is 0 Å². The molecule has 1 aliphatic heterocycles. The third-order valence-corrected chi connectivity index (χ3v) is 5.20. The summed E-state index contributed by atoms with van der Waals surface area (Å²) in [6, 6.07) is 10.5. The summed E-state index contributed by atoms with van der Waals surface area (Å²) in [5.41, 5.74) is 1.36. The molecule has 4 nitrogen and oxygen atoms in total. The van der Waals surface area contributed by atoms with E-state index in [9.17, 15) is 9.59 Å². The molecule has 2 atom stereocenters. The Hall–Kier alpha value is -1.84. The van der Waals surface area contributed by atoms with Crippen molar-refractivity contribution >= 4 is 11.9 Å². The predicted octanol–water partition coefficient (Wildman–Crippen LogP) is 2.58. The van der Waals surface area contributed by atoms with Crippen molar-refractivity contribution in [2.24, 2.45) is 17.8 Å². The van der Waals surface area contributed by atoms with Crippen LogP contribution in [-0.4, -0.2) is 35.0 Å². The van der Waals surface area contributed by atoms with Crippen LogP contribution in [0.1, 0.15) is 31.2 Å². The number of carboxylic acid groups (broad SMARTS) is 1. The molecular weight excluding hydrogens is 278 g/mol. The highest BCUT2D eigenvalue weighted by atomic mass is 16.4. The summed E-state index contributed by atoms with van der Waals surface area (Å²) >= 11 is 0. The first kappa shape index (κ1) is 15.1. The smallest absolute Gasteiger partial charge is 0.307 e. The van der Waals surface area contributed by atoms with E-state index in [0.29, 0.717) is 12.3 Å². The quantitative estimate of drug-likeness (QED) is 0.930. The average molecular weight is 301 g/mol. The minimum absolute atomic E-state index is 0.0665. The maximum absolute atomic E-state index is 12.4. The first-order chi connectivity index (χ1) is 10.6. The van der Waals surface area contributed by atoms with Crippen molar-refractivity contribution in [2.75, 3.05) is 13.1 Å². The van der Waals surface area contributed by atoms with Gasteiger partial charge in [0, 0.05) is 13.1 Å². The van der Waals surface area contributed by atoms with Crippen LogP contribution in [0.4, 0.5) is 0 Å². The molecule has 1 aliphatic carbocycles. The van der Waals surface area contributed by atoms with Gasteiger partial charge < -0.3 is 10.0 Å². The maximum atomic E-state index is 12.4. The molecule has 0 radical (unpaired) electrons. The van der Waals surface area contributed by atoms with E-state index < -0.39 is 11.9 Å². The Morgan fingerprint density at radius 3 is 2.18 bits per heavy atom. The molecule has 0 bridgehead atoms. The van der Waals surface area contributed by atoms with Crippen LogP contribution in [0.25, 0.3) is 0 Å². The van der Waals surface area contributed by atoms with Crippen LogP contribution in [0.15, 0.2) is 30.3 Å². The molecule has 1 aromatic carbocycles. The Bertz CT molecular complexity index is 535. The number of amides is 1. The Labute approximate surface area is 131 Å². The van der Waals surface area contributed by atoms with Gasteiger partial charge in [-0.15, -0.1) is 0 Å². The van der Waals surface area contributed by atoms with E-state index in [2.05, 4.69) is 24.3 Å². The van der Waals surface area contributed by atoms with Crippen LogP contribution in [-0.2, 0) is 16.0 Å². The molecule has 1 amide bonds. The third-order valence-electron chi connectivity index (χ3n) is 5.20. The van der Waals surface area contributed by atoms with E-state index in [1.165, 1.54) is 5.56 Å². The van der Waals surface area contributed by atoms with Gasteiger partial charge in [0.2, 0.25) is 5.91 Å². The van der Waals surface area contributed by atoms with Gasteiger partial charge in [0.25, 0.3) is 0 Å². The number of hydrogen-bond acceptors (Lipinski definition) is 2. The normalized spacial score (nSPS) is 25.5. The van der Waals surface area contributed by atoms with E-state index in [1.54, 1.807) is 0 Å². The fourth-order valence-corrected chi connectivity index (χ4v) is 3.63. The zero-order chi connectivity index (χ0) is 15.5. The Kier molecular flexibility index (Phi) is 4.46. The Morgan fingerprint density at radius 1 is 1.00 bits per heavy atom. The van der Waals surface area contributed by atoms with Crippen LogP contribution in [0, 0.1) is 17.8 Å². The standard InChI is InChI=1S/C18H23NO3/c20-17(15-6-7-16(15)18(21)22)19-10-8-14(9-11-19)12-13-4-2-1-3-5-13/h1-5,14-16H,6-12H2,(H,21,22). The number of nitrogens with zero attached hydrogens (tertiary/aromatic N) is 1. The summed E-state index contributed by atoms with van der Waals surface area (Å²) in [5, 5.41) is 9.09. The van der Waals surface area contributed by atoms with Gasteiger partial charge in [0.05, 0.1) is 11.8 Å². The highest BCUT2D eigenvalue weighted by molar-refractivity contribution is 5.86. The van der Waals surface area contributed by atoms with Crippen molar-refractivity contribution in [3.8, 4) is 0 Å². The highest BCUT2D eigenvalue weighted by Gasteiger charge is 2.43. The van der Waals surface area contributed by atoms with E-state index in [1.807, 2.05) is 11.0 Å². The summed E-state index contributed by atoms with van der Waals surface area (Å²) in [7, 11) is 0. The number of carbonyl (C=O) groups is 2. The molecule has 0 spiro atoms. The third kappa shape index (κ3) is 3.16. The lowest BCUT2D eigenvalue weighted by molar-refractivity contribution is -0.157. The van der Waals surface area contributed by atoms with Crippen molar-refractivity contribution in [1.82, 2.24) is 4.90 Å². The van der Waals surface area contributed by atoms with E-state index in [0.717, 1.165) is 38.8 Å². The molecule has 1 saturated heterocycles. The number of likely N-dealkylation sites (tertiary alicyclic amines) is 1. The number of carbonyl (C=O) groups excluding carboxylic acids is 1. The van der Waals surface area contributed by atoms with E-state index in [4.69, 9.17) is 5.11 Å². The van der Waals surface area contributed by atoms with Crippen molar-refractivity contribution in [3.63, 3.8) is 0 Å². The first-order valence-electron chi connectivity index (χ1n) is 8.20. The van der Waals surface area contributed by atoms with Gasteiger partial charge in [-0.05, 0) is 43.6 Å². The molecule has 22 heavy (non-hydrogen) atoms. The molecule has 2 aliphatic rings. The van der Waals surface area contributed by atoms with Crippen LogP contribution >= 0.6 is 0 Å². The number of benzene rings is 1. The largest absolute Gasteiger partial charge is 0.481 e. The fraction of sp³-hybridized carbons (Fsp3) is 0.556. The summed E-state index contributed by atoms with van der Waals surface area (Å²) < 4.78 is 0. The number of piperidine rings is 1. The average Bonchev–Trinajstić information content (AvgIpc) is 2.47. The number of carboxylic acids is 1. The van der Waals surface area contributed by atoms with Crippen molar-refractivity contribution in [1.29, 1.82) is 0 Å². The SMILES string of the molecule is O=C(O)C1CCC1C(=O)N1CCC(Cc2ccccc2)CC1. The lowest BCUT2D eigenvalue weighted by Gasteiger charge is -2.39. The van der Waals surface area contributed by atoms with Crippen LogP contribution in [0.5, 0.6) is 0 Å². The number of aliphatic carboxylic acids is 1. The van der Waals surface area contributed by atoms with Gasteiger partial charge in [-0.25, -0.2) is 0 Å². The van der Waals surface area contributed by atoms with Crippen molar-refractivity contribution < 1.29 is 14.7 Å². The topological polar surface area (TPSA) is 57.6 Å². The lowest BCUT2D eigenvalue weighted by Crippen LogP contribution is -2.48. The number of hydrogen-bond donors (Lipinski definition) is 1. The van der Waals surface area contributed by atoms with Gasteiger partial charge in [-0.3, -0.25) is 9.59 Å². The monoisotopic (exact) mass is 301 g/mol. The van der Waals surface area contributed by atoms with Crippen molar-refractivity contribution in [3.05, 3.63) is 35.9 Å². The summed E-state index contributed by atoms with van der Waals surface area (Å²) in [6.07, 6.45) is 4.50. The fourth-order valence-electron chi connectivity index (χ4n) is 3.63. The first-order valence-corrected chi connectivity index (χ1v) is 8.20. The second-order valence-corrected chi connectivity index (χ2v) is 6.59. The van der Waals surface area contributed by atoms with Gasteiger partial charge >= 0.3 is 5.97 Å². The maximum Gasteiger partial charge on any atom is 0.307 e. The van der Waals surface area contributed by atoms with Crippen LogP contribution in [0.3, 0.4) is 0 Å². The molecular formula is C18H23NO3. The van der Waals surface area contributed by atoms with Crippen LogP contribution in [0.2, 0.25) is 0 Å². The molecule has 1 saturated carbocycles. The molecule has 2 unspecified atom stereocenters. The van der Waals surface area contributed by atoms with Gasteiger partial charge in [-0.1, -0.05) is 30.3 Å². The minimum Gasteiger partial charge on any atom is -0.481 e. The molecule has 2 fully saturated rings. The second kappa shape index (κ2) is 6.51. The summed E-state index contributed by atoms with van der Waals surface area (Å²) in [5.74, 6) is -0.846. The molecule has 0 aromatic heterocycles. The molecule has 1 aromatic rings. The molecule has 4 heteroatoms. The zero-order valence-corrected chi connectivity index (χ0v) is 12.8. The zero-order valence-electron chi connectivity index (χ0n) is 12.8. The lowest BCUT2D eigenvalue weighted by atomic mass is 9.72. The Morgan fingerprint density at radius 2 is 1.64 bits per heavy atom. The van der Waals surface area contributed by atoms with Gasteiger partial charge in [0.1, 0.15) is 0 Å². The van der Waals surface area contributed by atoms with Crippen LogP contribution < -0.4 is 0 Å². The minimum atomic E-state index is -0.816. The molecule has 1 heterocycles. The molecule has 118 valence electrons. The summed E-state index contributed by atoms with van der Waals surface area (Å²) in [4.78, 5) is 25.4. The molecule has 1 N–H and O–H groups in total. The van der Waals surface area contributed by atoms with Gasteiger partial charge in [0.15, 0.2) is 0 Å².